The SMILES string of the molecule is CC(C)(C)c1ccc(NC(=O)NCc2c3c(cc4c2OCC4)OCC3)cc1. The molecule has 0 fully saturated rings. The number of anilines is 1. The minimum absolute atomic E-state index is 0.0942. The Morgan fingerprint density at radius 3 is 2.56 bits per heavy atom. The monoisotopic (exact) mass is 366 g/mol. The summed E-state index contributed by atoms with van der Waals surface area (Å²) in [6, 6.07) is 9.85. The Hall–Kier alpha value is -2.69. The fourth-order valence-corrected chi connectivity index (χ4v) is 3.67. The minimum atomic E-state index is -0.221. The summed E-state index contributed by atoms with van der Waals surface area (Å²) in [6.45, 7) is 8.33. The predicted octanol–water partition coefficient (Wildman–Crippen LogP) is 4.18. The summed E-state index contributed by atoms with van der Waals surface area (Å²) < 4.78 is 11.5. The van der Waals surface area contributed by atoms with Gasteiger partial charge in [-0.15, -0.1) is 0 Å². The van der Waals surface area contributed by atoms with Crippen LogP contribution in [0.25, 0.3) is 0 Å². The zero-order valence-corrected chi connectivity index (χ0v) is 16.1. The summed E-state index contributed by atoms with van der Waals surface area (Å²) in [5.41, 5.74) is 5.49. The van der Waals surface area contributed by atoms with E-state index in [0.29, 0.717) is 19.8 Å². The maximum atomic E-state index is 12.4. The maximum Gasteiger partial charge on any atom is 0.319 e. The van der Waals surface area contributed by atoms with Gasteiger partial charge in [0.15, 0.2) is 0 Å². The summed E-state index contributed by atoms with van der Waals surface area (Å²) in [6.07, 6.45) is 1.75. The first-order chi connectivity index (χ1) is 12.9. The number of hydrogen-bond donors (Lipinski definition) is 2. The second-order valence-corrected chi connectivity index (χ2v) is 8.15. The molecule has 0 bridgehead atoms. The third-order valence-corrected chi connectivity index (χ3v) is 5.19. The number of ether oxygens (including phenoxy) is 2. The van der Waals surface area contributed by atoms with E-state index in [0.717, 1.165) is 41.2 Å². The molecule has 0 unspecified atom stereocenters. The lowest BCUT2D eigenvalue weighted by Gasteiger charge is -2.19. The van der Waals surface area contributed by atoms with E-state index in [1.54, 1.807) is 0 Å². The van der Waals surface area contributed by atoms with Gasteiger partial charge in [0.25, 0.3) is 0 Å². The van der Waals surface area contributed by atoms with Crippen LogP contribution in [0.3, 0.4) is 0 Å². The molecular formula is C22H26N2O3. The van der Waals surface area contributed by atoms with Crippen molar-refractivity contribution in [3.05, 3.63) is 52.6 Å². The smallest absolute Gasteiger partial charge is 0.319 e. The van der Waals surface area contributed by atoms with E-state index < -0.39 is 0 Å². The molecule has 27 heavy (non-hydrogen) atoms. The molecule has 2 aliphatic heterocycles. The topological polar surface area (TPSA) is 59.6 Å². The van der Waals surface area contributed by atoms with E-state index in [1.165, 1.54) is 11.1 Å². The van der Waals surface area contributed by atoms with Crippen molar-refractivity contribution in [3.8, 4) is 11.5 Å². The predicted molar refractivity (Wildman–Crippen MR) is 106 cm³/mol. The van der Waals surface area contributed by atoms with Crippen molar-refractivity contribution in [2.45, 2.75) is 45.6 Å². The first kappa shape index (κ1) is 17.7. The van der Waals surface area contributed by atoms with Crippen LogP contribution < -0.4 is 20.1 Å². The third-order valence-electron chi connectivity index (χ3n) is 5.19. The summed E-state index contributed by atoms with van der Waals surface area (Å²) in [7, 11) is 0. The highest BCUT2D eigenvalue weighted by molar-refractivity contribution is 5.89. The van der Waals surface area contributed by atoms with Gasteiger partial charge in [-0.1, -0.05) is 32.9 Å². The molecule has 0 radical (unpaired) electrons. The minimum Gasteiger partial charge on any atom is -0.493 e. The van der Waals surface area contributed by atoms with Crippen molar-refractivity contribution in [2.24, 2.45) is 0 Å². The van der Waals surface area contributed by atoms with Crippen molar-refractivity contribution in [3.63, 3.8) is 0 Å². The summed E-state index contributed by atoms with van der Waals surface area (Å²) >= 11 is 0. The van der Waals surface area contributed by atoms with Gasteiger partial charge in [-0.25, -0.2) is 4.79 Å². The average Bonchev–Trinajstić information content (AvgIpc) is 3.27. The van der Waals surface area contributed by atoms with Crippen LogP contribution in [0.2, 0.25) is 0 Å². The van der Waals surface area contributed by atoms with Gasteiger partial charge >= 0.3 is 6.03 Å². The lowest BCUT2D eigenvalue weighted by Crippen LogP contribution is -2.28. The van der Waals surface area contributed by atoms with Crippen LogP contribution in [0.15, 0.2) is 30.3 Å². The molecule has 0 aromatic heterocycles. The molecule has 5 nitrogen and oxygen atoms in total. The van der Waals surface area contributed by atoms with Gasteiger partial charge < -0.3 is 20.1 Å². The lowest BCUT2D eigenvalue weighted by atomic mass is 9.87. The Kier molecular flexibility index (Phi) is 4.46. The van der Waals surface area contributed by atoms with Crippen molar-refractivity contribution >= 4 is 11.7 Å². The molecule has 2 N–H and O–H groups in total. The van der Waals surface area contributed by atoms with Crippen molar-refractivity contribution in [2.75, 3.05) is 18.5 Å². The van der Waals surface area contributed by atoms with Crippen LogP contribution in [0.4, 0.5) is 10.5 Å². The number of benzene rings is 2. The Labute approximate surface area is 160 Å². The van der Waals surface area contributed by atoms with E-state index in [2.05, 4.69) is 49.6 Å². The molecule has 2 heterocycles. The van der Waals surface area contributed by atoms with Crippen LogP contribution in [-0.2, 0) is 24.8 Å². The second kappa shape index (κ2) is 6.80. The lowest BCUT2D eigenvalue weighted by molar-refractivity contribution is 0.251. The van der Waals surface area contributed by atoms with Gasteiger partial charge in [0.1, 0.15) is 11.5 Å². The molecule has 0 saturated heterocycles. The number of nitrogens with one attached hydrogen (secondary N) is 2. The van der Waals surface area contributed by atoms with E-state index in [4.69, 9.17) is 9.47 Å². The molecule has 4 rings (SSSR count). The Morgan fingerprint density at radius 2 is 1.81 bits per heavy atom. The van der Waals surface area contributed by atoms with Gasteiger partial charge in [-0.05, 0) is 29.2 Å². The zero-order valence-electron chi connectivity index (χ0n) is 16.1. The largest absolute Gasteiger partial charge is 0.493 e. The quantitative estimate of drug-likeness (QED) is 0.857. The van der Waals surface area contributed by atoms with Gasteiger partial charge in [0, 0.05) is 41.8 Å². The molecule has 142 valence electrons. The molecule has 0 saturated carbocycles. The van der Waals surface area contributed by atoms with Crippen LogP contribution in [0.5, 0.6) is 11.5 Å². The number of fused-ring (bicyclic) bond motifs is 2. The number of carbonyl (C=O) groups excluding carboxylic acids is 1. The Bertz CT molecular complexity index is 834. The average molecular weight is 366 g/mol. The summed E-state index contributed by atoms with van der Waals surface area (Å²) in [5, 5.41) is 5.87. The molecule has 2 aliphatic rings. The van der Waals surface area contributed by atoms with Gasteiger partial charge in [-0.3, -0.25) is 0 Å². The number of carbonyl (C=O) groups is 1. The van der Waals surface area contributed by atoms with Crippen LogP contribution in [0, 0.1) is 0 Å². The summed E-state index contributed by atoms with van der Waals surface area (Å²) in [5.74, 6) is 1.86. The van der Waals surface area contributed by atoms with Gasteiger partial charge in [-0.2, -0.15) is 0 Å². The molecular weight excluding hydrogens is 340 g/mol. The number of hydrogen-bond acceptors (Lipinski definition) is 3. The highest BCUT2D eigenvalue weighted by atomic mass is 16.5. The molecule has 2 amide bonds. The van der Waals surface area contributed by atoms with Crippen molar-refractivity contribution in [1.29, 1.82) is 0 Å². The number of amides is 2. The Morgan fingerprint density at radius 1 is 1.07 bits per heavy atom. The van der Waals surface area contributed by atoms with Crippen molar-refractivity contribution < 1.29 is 14.3 Å². The fourth-order valence-electron chi connectivity index (χ4n) is 3.67. The molecule has 2 aromatic rings. The first-order valence-corrected chi connectivity index (χ1v) is 9.50. The standard InChI is InChI=1S/C22H26N2O3/c1-22(2,3)15-4-6-16(7-5-15)24-21(25)23-13-18-17-9-11-26-19(17)12-14-8-10-27-20(14)18/h4-7,12H,8-11,13H2,1-3H3,(H2,23,24,25). The normalized spacial score (nSPS) is 14.8. The van der Waals surface area contributed by atoms with Gasteiger partial charge in [0.2, 0.25) is 0 Å². The molecule has 0 atom stereocenters. The first-order valence-electron chi connectivity index (χ1n) is 9.50. The second-order valence-electron chi connectivity index (χ2n) is 8.15. The molecule has 2 aromatic carbocycles. The Balaban J connectivity index is 1.43. The summed E-state index contributed by atoms with van der Waals surface area (Å²) in [4.78, 5) is 12.4. The van der Waals surface area contributed by atoms with E-state index >= 15 is 0 Å². The third kappa shape index (κ3) is 3.59. The van der Waals surface area contributed by atoms with Crippen LogP contribution >= 0.6 is 0 Å². The van der Waals surface area contributed by atoms with E-state index in [9.17, 15) is 4.79 Å². The fraction of sp³-hybridized carbons (Fsp3) is 0.409. The highest BCUT2D eigenvalue weighted by Gasteiger charge is 2.26. The molecule has 0 aliphatic carbocycles. The zero-order chi connectivity index (χ0) is 19.0. The number of rotatable bonds is 3. The maximum absolute atomic E-state index is 12.4. The van der Waals surface area contributed by atoms with Crippen LogP contribution in [0.1, 0.15) is 43.0 Å². The number of urea groups is 1. The van der Waals surface area contributed by atoms with E-state index in [-0.39, 0.29) is 11.4 Å². The van der Waals surface area contributed by atoms with Gasteiger partial charge in [0.05, 0.1) is 13.2 Å². The molecule has 0 spiro atoms. The molecule has 5 heteroatoms. The highest BCUT2D eigenvalue weighted by Crippen LogP contribution is 2.40. The van der Waals surface area contributed by atoms with E-state index in [1.807, 2.05) is 12.1 Å². The van der Waals surface area contributed by atoms with Crippen molar-refractivity contribution in [1.82, 2.24) is 5.32 Å². The van der Waals surface area contributed by atoms with Crippen LogP contribution in [-0.4, -0.2) is 19.2 Å².